The first-order chi connectivity index (χ1) is 5.81. The fraction of sp³-hybridized carbons (Fsp3) is 1.00. The predicted molar refractivity (Wildman–Crippen MR) is 48.9 cm³/mol. The van der Waals surface area contributed by atoms with Crippen molar-refractivity contribution in [1.29, 1.82) is 0 Å². The van der Waals surface area contributed by atoms with Crippen molar-refractivity contribution in [3.8, 4) is 0 Å². The van der Waals surface area contributed by atoms with Gasteiger partial charge in [-0.25, -0.2) is 0 Å². The van der Waals surface area contributed by atoms with Gasteiger partial charge in [-0.3, -0.25) is 0 Å². The minimum atomic E-state index is -0.0810. The summed E-state index contributed by atoms with van der Waals surface area (Å²) in [6.45, 7) is 0. The van der Waals surface area contributed by atoms with Crippen LogP contribution in [0.1, 0.15) is 32.1 Å². The molecule has 12 heavy (non-hydrogen) atoms. The van der Waals surface area contributed by atoms with Gasteiger partial charge in [0, 0.05) is 6.04 Å². The molecule has 2 bridgehead atoms. The highest BCUT2D eigenvalue weighted by molar-refractivity contribution is 4.91. The van der Waals surface area contributed by atoms with Crippen LogP contribution < -0.4 is 5.32 Å². The molecule has 2 heteroatoms. The Kier molecular flexibility index (Phi) is 2.37. The molecule has 3 aliphatic carbocycles. The Morgan fingerprint density at radius 2 is 1.83 bits per heavy atom. The minimum Gasteiger partial charge on any atom is -0.391 e. The summed E-state index contributed by atoms with van der Waals surface area (Å²) in [5.41, 5.74) is 0. The van der Waals surface area contributed by atoms with Crippen molar-refractivity contribution < 1.29 is 5.11 Å². The van der Waals surface area contributed by atoms with Crippen LogP contribution in [0.25, 0.3) is 0 Å². The summed E-state index contributed by atoms with van der Waals surface area (Å²) in [7, 11) is 1.97. The summed E-state index contributed by atoms with van der Waals surface area (Å²) in [6, 6.07) is 0.366. The number of aliphatic hydroxyl groups is 1. The fourth-order valence-corrected chi connectivity index (χ4v) is 2.88. The van der Waals surface area contributed by atoms with Gasteiger partial charge in [0.15, 0.2) is 0 Å². The molecule has 0 aromatic carbocycles. The zero-order chi connectivity index (χ0) is 8.55. The van der Waals surface area contributed by atoms with Gasteiger partial charge in [0.05, 0.1) is 6.10 Å². The van der Waals surface area contributed by atoms with E-state index in [0.29, 0.717) is 12.0 Å². The maximum Gasteiger partial charge on any atom is 0.0721 e. The van der Waals surface area contributed by atoms with Crippen LogP contribution in [0.5, 0.6) is 0 Å². The number of hydrogen-bond acceptors (Lipinski definition) is 2. The summed E-state index contributed by atoms with van der Waals surface area (Å²) in [4.78, 5) is 0. The molecule has 0 saturated heterocycles. The van der Waals surface area contributed by atoms with E-state index in [-0.39, 0.29) is 6.10 Å². The van der Waals surface area contributed by atoms with E-state index in [1.54, 1.807) is 0 Å². The van der Waals surface area contributed by atoms with Crippen molar-refractivity contribution >= 4 is 0 Å². The molecule has 0 aliphatic heterocycles. The van der Waals surface area contributed by atoms with Crippen LogP contribution in [0.2, 0.25) is 0 Å². The fourth-order valence-electron chi connectivity index (χ4n) is 2.88. The topological polar surface area (TPSA) is 32.3 Å². The van der Waals surface area contributed by atoms with Gasteiger partial charge in [0.25, 0.3) is 0 Å². The van der Waals surface area contributed by atoms with Gasteiger partial charge in [0.1, 0.15) is 0 Å². The zero-order valence-corrected chi connectivity index (χ0v) is 7.79. The Hall–Kier alpha value is -0.0800. The van der Waals surface area contributed by atoms with Crippen molar-refractivity contribution in [3.05, 3.63) is 0 Å². The van der Waals surface area contributed by atoms with Crippen LogP contribution in [0.3, 0.4) is 0 Å². The first kappa shape index (κ1) is 8.52. The maximum atomic E-state index is 9.97. The largest absolute Gasteiger partial charge is 0.391 e. The monoisotopic (exact) mass is 169 g/mol. The number of hydrogen-bond donors (Lipinski definition) is 2. The third-order valence-electron chi connectivity index (χ3n) is 3.74. The minimum absolute atomic E-state index is 0.0810. The number of nitrogens with one attached hydrogen (secondary N) is 1. The van der Waals surface area contributed by atoms with Gasteiger partial charge in [-0.05, 0) is 38.1 Å². The average molecular weight is 169 g/mol. The first-order valence-corrected chi connectivity index (χ1v) is 5.16. The molecule has 2 nitrogen and oxygen atoms in total. The molecule has 0 radical (unpaired) electrons. The Balaban J connectivity index is 2.10. The summed E-state index contributed by atoms with van der Waals surface area (Å²) in [5.74, 6) is 1.47. The third kappa shape index (κ3) is 1.38. The molecular formula is C10H19NO. The lowest BCUT2D eigenvalue weighted by molar-refractivity contribution is 0.0721. The van der Waals surface area contributed by atoms with Gasteiger partial charge < -0.3 is 10.4 Å². The molecule has 3 aliphatic rings. The van der Waals surface area contributed by atoms with E-state index < -0.39 is 0 Å². The summed E-state index contributed by atoms with van der Waals surface area (Å²) >= 11 is 0. The lowest BCUT2D eigenvalue weighted by Gasteiger charge is -2.26. The normalized spacial score (nSPS) is 47.5. The Morgan fingerprint density at radius 1 is 1.17 bits per heavy atom. The molecule has 2 atom stereocenters. The van der Waals surface area contributed by atoms with Crippen LogP contribution in [0.15, 0.2) is 0 Å². The Labute approximate surface area is 74.4 Å². The second kappa shape index (κ2) is 3.35. The summed E-state index contributed by atoms with van der Waals surface area (Å²) in [6.07, 6.45) is 6.31. The first-order valence-electron chi connectivity index (χ1n) is 5.16. The SMILES string of the molecule is CN[C@H]1CC2CCC(CC2)C1O. The molecule has 0 amide bonds. The third-order valence-corrected chi connectivity index (χ3v) is 3.74. The maximum absolute atomic E-state index is 9.97. The molecule has 0 aromatic heterocycles. The molecule has 3 saturated carbocycles. The van der Waals surface area contributed by atoms with Gasteiger partial charge in [-0.2, -0.15) is 0 Å². The Bertz CT molecular complexity index is 152. The van der Waals surface area contributed by atoms with Crippen LogP contribution in [-0.2, 0) is 0 Å². The molecule has 0 heterocycles. The molecule has 0 aromatic rings. The number of rotatable bonds is 1. The summed E-state index contributed by atoms with van der Waals surface area (Å²) in [5, 5.41) is 13.2. The smallest absolute Gasteiger partial charge is 0.0721 e. The van der Waals surface area contributed by atoms with Gasteiger partial charge in [-0.1, -0.05) is 12.8 Å². The molecule has 3 fully saturated rings. The van der Waals surface area contributed by atoms with Crippen molar-refractivity contribution in [2.45, 2.75) is 44.2 Å². The highest BCUT2D eigenvalue weighted by Crippen LogP contribution is 2.39. The van der Waals surface area contributed by atoms with Gasteiger partial charge in [-0.15, -0.1) is 0 Å². The predicted octanol–water partition coefficient (Wildman–Crippen LogP) is 1.15. The molecule has 70 valence electrons. The molecule has 3 rings (SSSR count). The second-order valence-corrected chi connectivity index (χ2v) is 4.40. The average Bonchev–Trinajstić information content (AvgIpc) is 2.36. The zero-order valence-electron chi connectivity index (χ0n) is 7.79. The quantitative estimate of drug-likeness (QED) is 0.617. The van der Waals surface area contributed by atoms with E-state index in [1.165, 1.54) is 32.1 Å². The number of likely N-dealkylation sites (N-methyl/N-ethyl adjacent to an activating group) is 1. The van der Waals surface area contributed by atoms with Crippen LogP contribution in [0, 0.1) is 11.8 Å². The lowest BCUT2D eigenvalue weighted by atomic mass is 9.83. The van der Waals surface area contributed by atoms with Crippen molar-refractivity contribution in [3.63, 3.8) is 0 Å². The summed E-state index contributed by atoms with van der Waals surface area (Å²) < 4.78 is 0. The van der Waals surface area contributed by atoms with Gasteiger partial charge >= 0.3 is 0 Å². The number of fused-ring (bicyclic) bond motifs is 4. The van der Waals surface area contributed by atoms with E-state index >= 15 is 0 Å². The van der Waals surface area contributed by atoms with Crippen molar-refractivity contribution in [2.75, 3.05) is 7.05 Å². The van der Waals surface area contributed by atoms with Crippen LogP contribution in [0.4, 0.5) is 0 Å². The molecular weight excluding hydrogens is 150 g/mol. The molecule has 2 N–H and O–H groups in total. The highest BCUT2D eigenvalue weighted by atomic mass is 16.3. The number of aliphatic hydroxyl groups excluding tert-OH is 1. The van der Waals surface area contributed by atoms with Gasteiger partial charge in [0.2, 0.25) is 0 Å². The van der Waals surface area contributed by atoms with E-state index in [9.17, 15) is 5.11 Å². The van der Waals surface area contributed by atoms with E-state index in [2.05, 4.69) is 5.32 Å². The molecule has 1 unspecified atom stereocenters. The van der Waals surface area contributed by atoms with Crippen LogP contribution >= 0.6 is 0 Å². The standard InChI is InChI=1S/C10H19NO/c1-11-9-6-7-2-4-8(5-3-7)10(9)12/h7-12H,2-6H2,1H3/t7?,8?,9-,10?/m0/s1. The Morgan fingerprint density at radius 3 is 2.42 bits per heavy atom. The van der Waals surface area contributed by atoms with Crippen LogP contribution in [-0.4, -0.2) is 24.3 Å². The second-order valence-electron chi connectivity index (χ2n) is 4.40. The highest BCUT2D eigenvalue weighted by Gasteiger charge is 2.36. The van der Waals surface area contributed by atoms with Crippen molar-refractivity contribution in [2.24, 2.45) is 11.8 Å². The lowest BCUT2D eigenvalue weighted by Crippen LogP contribution is -2.40. The van der Waals surface area contributed by atoms with E-state index in [1.807, 2.05) is 7.05 Å². The van der Waals surface area contributed by atoms with E-state index in [4.69, 9.17) is 0 Å². The molecule has 0 spiro atoms. The van der Waals surface area contributed by atoms with E-state index in [0.717, 1.165) is 5.92 Å². The van der Waals surface area contributed by atoms with Crippen molar-refractivity contribution in [1.82, 2.24) is 5.32 Å².